The van der Waals surface area contributed by atoms with E-state index >= 15 is 0 Å². The van der Waals surface area contributed by atoms with Crippen molar-refractivity contribution in [1.82, 2.24) is 15.1 Å². The molecule has 1 aromatic rings. The average molecular weight is 298 g/mol. The lowest BCUT2D eigenvalue weighted by Gasteiger charge is -2.31. The molecule has 2 amide bonds. The molecule has 0 saturated carbocycles. The Morgan fingerprint density at radius 3 is 3.05 bits per heavy atom. The van der Waals surface area contributed by atoms with Crippen LogP contribution in [0, 0.1) is 11.8 Å². The number of hydrogen-bond acceptors (Lipinski definition) is 5. The lowest BCUT2D eigenvalue weighted by Crippen LogP contribution is -2.43. The molecule has 6 nitrogen and oxygen atoms in total. The van der Waals surface area contributed by atoms with Crippen LogP contribution in [0.5, 0.6) is 0 Å². The number of carbonyl (C=O) groups excluding carboxylic acids is 1. The Bertz CT molecular complexity index is 449. The number of hydrogen-bond donors (Lipinski definition) is 2. The number of anilines is 1. The highest BCUT2D eigenvalue weighted by Crippen LogP contribution is 2.20. The van der Waals surface area contributed by atoms with E-state index in [9.17, 15) is 9.90 Å². The molecule has 1 unspecified atom stereocenters. The van der Waals surface area contributed by atoms with Crippen molar-refractivity contribution in [2.45, 2.75) is 33.1 Å². The molecule has 2 rings (SSSR count). The maximum Gasteiger partial charge on any atom is 0.323 e. The first-order valence-electron chi connectivity index (χ1n) is 7.07. The molecule has 7 heteroatoms. The van der Waals surface area contributed by atoms with E-state index in [1.807, 2.05) is 0 Å². The molecular formula is C13H22N4O2S. The number of rotatable bonds is 4. The zero-order chi connectivity index (χ0) is 14.5. The van der Waals surface area contributed by atoms with Gasteiger partial charge in [0, 0.05) is 26.1 Å². The van der Waals surface area contributed by atoms with Gasteiger partial charge in [0.15, 0.2) is 0 Å². The van der Waals surface area contributed by atoms with Gasteiger partial charge in [0.2, 0.25) is 5.13 Å². The number of amides is 2. The minimum Gasteiger partial charge on any atom is -0.396 e. The molecule has 1 aromatic heterocycles. The zero-order valence-corrected chi connectivity index (χ0v) is 12.8. The van der Waals surface area contributed by atoms with Gasteiger partial charge in [0.25, 0.3) is 0 Å². The Hall–Kier alpha value is -1.21. The van der Waals surface area contributed by atoms with Gasteiger partial charge in [-0.15, -0.1) is 10.2 Å². The summed E-state index contributed by atoms with van der Waals surface area (Å²) in [7, 11) is 0. The molecule has 2 heterocycles. The molecule has 0 radical (unpaired) electrons. The third-order valence-corrected chi connectivity index (χ3v) is 4.19. The van der Waals surface area contributed by atoms with E-state index in [0.717, 1.165) is 30.8 Å². The number of carbonyl (C=O) groups is 1. The molecule has 1 saturated heterocycles. The molecule has 112 valence electrons. The van der Waals surface area contributed by atoms with Crippen molar-refractivity contribution in [1.29, 1.82) is 0 Å². The summed E-state index contributed by atoms with van der Waals surface area (Å²) in [6.07, 6.45) is 2.80. The molecule has 1 fully saturated rings. The second-order valence-electron chi connectivity index (χ2n) is 5.67. The molecule has 1 aliphatic heterocycles. The summed E-state index contributed by atoms with van der Waals surface area (Å²) in [6, 6.07) is -0.143. The Kier molecular flexibility index (Phi) is 5.31. The summed E-state index contributed by atoms with van der Waals surface area (Å²) < 4.78 is 0. The second kappa shape index (κ2) is 6.99. The molecule has 2 N–H and O–H groups in total. The molecule has 1 atom stereocenters. The first-order chi connectivity index (χ1) is 9.58. The number of likely N-dealkylation sites (tertiary alicyclic amines) is 1. The van der Waals surface area contributed by atoms with Crippen molar-refractivity contribution >= 4 is 22.5 Å². The van der Waals surface area contributed by atoms with Gasteiger partial charge >= 0.3 is 6.03 Å². The van der Waals surface area contributed by atoms with Gasteiger partial charge in [-0.2, -0.15) is 0 Å². The lowest BCUT2D eigenvalue weighted by molar-refractivity contribution is 0.136. The van der Waals surface area contributed by atoms with Gasteiger partial charge in [-0.25, -0.2) is 4.79 Å². The number of aromatic nitrogens is 2. The van der Waals surface area contributed by atoms with Crippen molar-refractivity contribution in [2.24, 2.45) is 11.8 Å². The van der Waals surface area contributed by atoms with E-state index in [2.05, 4.69) is 29.4 Å². The minimum atomic E-state index is -0.143. The summed E-state index contributed by atoms with van der Waals surface area (Å²) >= 11 is 1.43. The van der Waals surface area contributed by atoms with Crippen molar-refractivity contribution in [3.05, 3.63) is 5.01 Å². The fraction of sp³-hybridized carbons (Fsp3) is 0.769. The fourth-order valence-corrected chi connectivity index (χ4v) is 3.25. The Morgan fingerprint density at radius 1 is 1.55 bits per heavy atom. The van der Waals surface area contributed by atoms with Crippen molar-refractivity contribution < 1.29 is 9.90 Å². The molecule has 0 aromatic carbocycles. The highest BCUT2D eigenvalue weighted by atomic mass is 32.1. The van der Waals surface area contributed by atoms with Crippen LogP contribution in [0.3, 0.4) is 0 Å². The van der Waals surface area contributed by atoms with Crippen LogP contribution < -0.4 is 5.32 Å². The topological polar surface area (TPSA) is 78.4 Å². The molecule has 0 bridgehead atoms. The van der Waals surface area contributed by atoms with E-state index in [-0.39, 0.29) is 18.6 Å². The molecular weight excluding hydrogens is 276 g/mol. The zero-order valence-electron chi connectivity index (χ0n) is 12.0. The van der Waals surface area contributed by atoms with E-state index in [0.29, 0.717) is 17.6 Å². The summed E-state index contributed by atoms with van der Waals surface area (Å²) in [4.78, 5) is 13.9. The highest BCUT2D eigenvalue weighted by molar-refractivity contribution is 7.15. The molecule has 1 aliphatic rings. The quantitative estimate of drug-likeness (QED) is 0.891. The summed E-state index contributed by atoms with van der Waals surface area (Å²) in [6.45, 7) is 5.74. The Morgan fingerprint density at radius 2 is 2.35 bits per heavy atom. The van der Waals surface area contributed by atoms with E-state index in [4.69, 9.17) is 0 Å². The molecule has 20 heavy (non-hydrogen) atoms. The maximum atomic E-state index is 12.1. The predicted molar refractivity (Wildman–Crippen MR) is 78.9 cm³/mol. The van der Waals surface area contributed by atoms with Crippen LogP contribution in [0.1, 0.15) is 31.7 Å². The van der Waals surface area contributed by atoms with E-state index in [1.165, 1.54) is 11.3 Å². The van der Waals surface area contributed by atoms with Crippen LogP contribution >= 0.6 is 11.3 Å². The van der Waals surface area contributed by atoms with Crippen LogP contribution in [0.25, 0.3) is 0 Å². The van der Waals surface area contributed by atoms with Gasteiger partial charge in [0.1, 0.15) is 5.01 Å². The summed E-state index contributed by atoms with van der Waals surface area (Å²) in [5.74, 6) is 0.722. The number of aliphatic hydroxyl groups is 1. The fourth-order valence-electron chi connectivity index (χ4n) is 2.30. The molecule has 0 aliphatic carbocycles. The number of nitrogens with zero attached hydrogens (tertiary/aromatic N) is 3. The monoisotopic (exact) mass is 298 g/mol. The SMILES string of the molecule is CC(C)Cc1nnc(NC(=O)N2CCCC(CO)C2)s1. The minimum absolute atomic E-state index is 0.140. The van der Waals surface area contributed by atoms with Crippen LogP contribution in [-0.2, 0) is 6.42 Å². The number of nitrogens with one attached hydrogen (secondary N) is 1. The predicted octanol–water partition coefficient (Wildman–Crippen LogP) is 1.97. The Labute approximate surface area is 123 Å². The van der Waals surface area contributed by atoms with Crippen LogP contribution in [0.15, 0.2) is 0 Å². The average Bonchev–Trinajstić information content (AvgIpc) is 2.85. The Balaban J connectivity index is 1.89. The van der Waals surface area contributed by atoms with Crippen LogP contribution in [0.2, 0.25) is 0 Å². The van der Waals surface area contributed by atoms with Gasteiger partial charge in [-0.05, 0) is 24.7 Å². The normalized spacial score (nSPS) is 19.4. The van der Waals surface area contributed by atoms with Crippen molar-refractivity contribution in [3.8, 4) is 0 Å². The van der Waals surface area contributed by atoms with Gasteiger partial charge in [0.05, 0.1) is 0 Å². The van der Waals surface area contributed by atoms with Crippen molar-refractivity contribution in [2.75, 3.05) is 25.0 Å². The second-order valence-corrected chi connectivity index (χ2v) is 6.73. The first kappa shape index (κ1) is 15.2. The smallest absolute Gasteiger partial charge is 0.323 e. The number of piperidine rings is 1. The standard InChI is InChI=1S/C13H22N4O2S/c1-9(2)6-11-15-16-12(20-11)14-13(19)17-5-3-4-10(7-17)8-18/h9-10,18H,3-8H2,1-2H3,(H,14,16,19). The third kappa shape index (κ3) is 4.14. The highest BCUT2D eigenvalue weighted by Gasteiger charge is 2.23. The third-order valence-electron chi connectivity index (χ3n) is 3.33. The summed E-state index contributed by atoms with van der Waals surface area (Å²) in [5, 5.41) is 21.6. The van der Waals surface area contributed by atoms with Crippen molar-refractivity contribution in [3.63, 3.8) is 0 Å². The van der Waals surface area contributed by atoms with Gasteiger partial charge in [-0.1, -0.05) is 25.2 Å². The molecule has 0 spiro atoms. The first-order valence-corrected chi connectivity index (χ1v) is 7.89. The van der Waals surface area contributed by atoms with E-state index < -0.39 is 0 Å². The van der Waals surface area contributed by atoms with Gasteiger partial charge in [-0.3, -0.25) is 5.32 Å². The lowest BCUT2D eigenvalue weighted by atomic mass is 9.99. The van der Waals surface area contributed by atoms with Crippen LogP contribution in [-0.4, -0.2) is 45.9 Å². The largest absolute Gasteiger partial charge is 0.396 e. The number of aliphatic hydroxyl groups excluding tert-OH is 1. The maximum absolute atomic E-state index is 12.1. The van der Waals surface area contributed by atoms with E-state index in [1.54, 1.807) is 4.90 Å². The number of urea groups is 1. The van der Waals surface area contributed by atoms with Crippen LogP contribution in [0.4, 0.5) is 9.93 Å². The summed E-state index contributed by atoms with van der Waals surface area (Å²) in [5.41, 5.74) is 0. The van der Waals surface area contributed by atoms with Gasteiger partial charge < -0.3 is 10.0 Å².